The van der Waals surface area contributed by atoms with Gasteiger partial charge in [0.05, 0.1) is 12.7 Å². The topological polar surface area (TPSA) is 27.7 Å². The summed E-state index contributed by atoms with van der Waals surface area (Å²) in [6.07, 6.45) is 7.22. The number of benzene rings is 3. The Morgan fingerprint density at radius 2 is 1.38 bits per heavy atom. The van der Waals surface area contributed by atoms with E-state index in [0.29, 0.717) is 23.5 Å². The number of unbranched alkanes of at least 4 members (excludes halogenated alkanes) is 2. The van der Waals surface area contributed by atoms with Gasteiger partial charge in [-0.15, -0.1) is 0 Å². The molecule has 1 fully saturated rings. The summed E-state index contributed by atoms with van der Waals surface area (Å²) >= 11 is 0. The van der Waals surface area contributed by atoms with Crippen molar-refractivity contribution in [3.63, 3.8) is 0 Å². The summed E-state index contributed by atoms with van der Waals surface area (Å²) in [6, 6.07) is 12.6. The van der Waals surface area contributed by atoms with Gasteiger partial charge in [-0.05, 0) is 79.8 Å². The van der Waals surface area contributed by atoms with Gasteiger partial charge in [0.15, 0.2) is 23.2 Å². The van der Waals surface area contributed by atoms with Gasteiger partial charge in [0.2, 0.25) is 5.82 Å². The summed E-state index contributed by atoms with van der Waals surface area (Å²) in [5.41, 5.74) is 1.13. The van der Waals surface area contributed by atoms with Crippen LogP contribution in [0.4, 0.5) is 17.6 Å². The van der Waals surface area contributed by atoms with E-state index in [1.165, 1.54) is 12.1 Å². The average Bonchev–Trinajstić information content (AvgIpc) is 2.97. The number of hydrogen-bond acceptors (Lipinski definition) is 3. The lowest BCUT2D eigenvalue weighted by molar-refractivity contribution is 0.0230. The number of hydrogen-bond donors (Lipinski definition) is 0. The highest BCUT2D eigenvalue weighted by Crippen LogP contribution is 2.38. The molecule has 0 saturated heterocycles. The number of halogens is 4. The molecule has 3 nitrogen and oxygen atoms in total. The fourth-order valence-electron chi connectivity index (χ4n) is 5.05. The minimum Gasteiger partial charge on any atom is -0.490 e. The first-order valence-electron chi connectivity index (χ1n) is 14.3. The van der Waals surface area contributed by atoms with E-state index in [9.17, 15) is 8.78 Å². The van der Waals surface area contributed by atoms with Gasteiger partial charge in [0, 0.05) is 17.7 Å². The summed E-state index contributed by atoms with van der Waals surface area (Å²) in [5.74, 6) is -3.47. The fourth-order valence-corrected chi connectivity index (χ4v) is 5.05. The van der Waals surface area contributed by atoms with Crippen molar-refractivity contribution < 1.29 is 31.8 Å². The quantitative estimate of drug-likeness (QED) is 0.154. The summed E-state index contributed by atoms with van der Waals surface area (Å²) < 4.78 is 75.9. The predicted octanol–water partition coefficient (Wildman–Crippen LogP) is 9.51. The highest BCUT2D eigenvalue weighted by atomic mass is 19.2. The molecule has 216 valence electrons. The highest BCUT2D eigenvalue weighted by molar-refractivity contribution is 5.65. The molecule has 7 heteroatoms. The summed E-state index contributed by atoms with van der Waals surface area (Å²) in [4.78, 5) is 0. The molecule has 0 aromatic heterocycles. The van der Waals surface area contributed by atoms with E-state index in [2.05, 4.69) is 6.92 Å². The molecule has 0 radical (unpaired) electrons. The van der Waals surface area contributed by atoms with E-state index in [4.69, 9.17) is 14.2 Å². The molecular weight excluding hydrogens is 520 g/mol. The van der Waals surface area contributed by atoms with Gasteiger partial charge in [0.1, 0.15) is 12.4 Å². The average molecular weight is 559 g/mol. The summed E-state index contributed by atoms with van der Waals surface area (Å²) in [6.45, 7) is 4.99. The third-order valence-corrected chi connectivity index (χ3v) is 7.52. The van der Waals surface area contributed by atoms with Crippen LogP contribution in [-0.4, -0.2) is 19.3 Å². The maximum atomic E-state index is 15.1. The summed E-state index contributed by atoms with van der Waals surface area (Å²) in [5, 5.41) is 0. The van der Waals surface area contributed by atoms with Crippen molar-refractivity contribution in [2.45, 2.75) is 83.8 Å². The molecule has 0 spiro atoms. The Balaban J connectivity index is 1.36. The number of ether oxygens (including phenoxy) is 3. The summed E-state index contributed by atoms with van der Waals surface area (Å²) in [7, 11) is 0. The van der Waals surface area contributed by atoms with E-state index in [1.807, 2.05) is 6.92 Å². The van der Waals surface area contributed by atoms with E-state index >= 15 is 8.78 Å². The van der Waals surface area contributed by atoms with Gasteiger partial charge in [-0.2, -0.15) is 4.39 Å². The molecule has 0 unspecified atom stereocenters. The largest absolute Gasteiger partial charge is 0.490 e. The SMILES string of the molecule is CCCCOc1ccc(COc2ccc(-c3ccc(C4CCC(OCCCC)CC4)c(F)c3F)cc2)c(F)c1F. The first-order valence-corrected chi connectivity index (χ1v) is 14.3. The van der Waals surface area contributed by atoms with Crippen molar-refractivity contribution in [2.75, 3.05) is 13.2 Å². The van der Waals surface area contributed by atoms with Crippen molar-refractivity contribution in [3.05, 3.63) is 82.9 Å². The van der Waals surface area contributed by atoms with E-state index in [-0.39, 0.29) is 35.5 Å². The molecule has 0 amide bonds. The van der Waals surface area contributed by atoms with Crippen LogP contribution in [0.2, 0.25) is 0 Å². The minimum atomic E-state index is -1.04. The molecule has 0 atom stereocenters. The zero-order valence-corrected chi connectivity index (χ0v) is 23.3. The molecule has 1 aliphatic rings. The van der Waals surface area contributed by atoms with Crippen LogP contribution in [0.25, 0.3) is 11.1 Å². The maximum Gasteiger partial charge on any atom is 0.201 e. The molecule has 3 aromatic carbocycles. The fraction of sp³-hybridized carbons (Fsp3) is 0.455. The predicted molar refractivity (Wildman–Crippen MR) is 149 cm³/mol. The van der Waals surface area contributed by atoms with Crippen molar-refractivity contribution in [3.8, 4) is 22.6 Å². The molecule has 1 aliphatic carbocycles. The van der Waals surface area contributed by atoms with Crippen LogP contribution >= 0.6 is 0 Å². The third kappa shape index (κ3) is 7.36. The van der Waals surface area contributed by atoms with Crippen molar-refractivity contribution in [2.24, 2.45) is 0 Å². The molecule has 0 N–H and O–H groups in total. The van der Waals surface area contributed by atoms with Crippen LogP contribution in [0.5, 0.6) is 11.5 Å². The van der Waals surface area contributed by atoms with Gasteiger partial charge in [-0.3, -0.25) is 0 Å². The Hall–Kier alpha value is -3.06. The van der Waals surface area contributed by atoms with Crippen molar-refractivity contribution in [1.29, 1.82) is 0 Å². The molecule has 0 bridgehead atoms. The van der Waals surface area contributed by atoms with E-state index in [1.54, 1.807) is 36.4 Å². The second kappa shape index (κ2) is 14.5. The second-order valence-electron chi connectivity index (χ2n) is 10.4. The molecule has 0 aliphatic heterocycles. The van der Waals surface area contributed by atoms with Crippen molar-refractivity contribution in [1.82, 2.24) is 0 Å². The Morgan fingerprint density at radius 3 is 2.08 bits per heavy atom. The zero-order chi connectivity index (χ0) is 28.5. The van der Waals surface area contributed by atoms with Gasteiger partial charge >= 0.3 is 0 Å². The zero-order valence-electron chi connectivity index (χ0n) is 23.3. The Labute approximate surface area is 234 Å². The number of rotatable bonds is 13. The smallest absolute Gasteiger partial charge is 0.201 e. The van der Waals surface area contributed by atoms with Crippen LogP contribution in [0.1, 0.15) is 82.3 Å². The second-order valence-corrected chi connectivity index (χ2v) is 10.4. The molecular formula is C33H38F4O3. The molecule has 1 saturated carbocycles. The van der Waals surface area contributed by atoms with E-state index < -0.39 is 23.3 Å². The lowest BCUT2D eigenvalue weighted by Gasteiger charge is -2.29. The first kappa shape index (κ1) is 29.9. The standard InChI is InChI=1S/C33H38F4O3/c1-3-5-19-38-25-12-7-22(8-13-25)27-16-17-28(32(36)31(27)35)23-9-14-26(15-10-23)40-21-24-11-18-29(33(37)30(24)34)39-20-6-4-2/h9-11,14-18,22,25H,3-8,12-13,19-21H2,1-2H3. The van der Waals surface area contributed by atoms with E-state index in [0.717, 1.165) is 58.0 Å². The Bertz CT molecular complexity index is 1240. The first-order chi connectivity index (χ1) is 19.4. The normalized spacial score (nSPS) is 17.1. The van der Waals surface area contributed by atoms with Crippen molar-refractivity contribution >= 4 is 0 Å². The van der Waals surface area contributed by atoms with Crippen LogP contribution in [0, 0.1) is 23.3 Å². The lowest BCUT2D eigenvalue weighted by atomic mass is 9.82. The third-order valence-electron chi connectivity index (χ3n) is 7.52. The van der Waals surface area contributed by atoms with Gasteiger partial charge in [-0.1, -0.05) is 51.0 Å². The molecule has 4 rings (SSSR count). The van der Waals surface area contributed by atoms with Crippen LogP contribution in [-0.2, 0) is 11.3 Å². The molecule has 3 aromatic rings. The lowest BCUT2D eigenvalue weighted by Crippen LogP contribution is -2.22. The molecule has 40 heavy (non-hydrogen) atoms. The van der Waals surface area contributed by atoms with Gasteiger partial charge in [0.25, 0.3) is 0 Å². The minimum absolute atomic E-state index is 0.0208. The van der Waals surface area contributed by atoms with Crippen LogP contribution in [0.15, 0.2) is 48.5 Å². The van der Waals surface area contributed by atoms with Gasteiger partial charge < -0.3 is 14.2 Å². The Kier molecular flexibility index (Phi) is 10.9. The van der Waals surface area contributed by atoms with Crippen LogP contribution in [0.3, 0.4) is 0 Å². The Morgan fingerprint density at radius 1 is 0.675 bits per heavy atom. The van der Waals surface area contributed by atoms with Crippen LogP contribution < -0.4 is 9.47 Å². The molecule has 0 heterocycles. The monoisotopic (exact) mass is 558 g/mol. The van der Waals surface area contributed by atoms with Gasteiger partial charge in [-0.25, -0.2) is 13.2 Å². The maximum absolute atomic E-state index is 15.1. The highest BCUT2D eigenvalue weighted by Gasteiger charge is 2.27.